The summed E-state index contributed by atoms with van der Waals surface area (Å²) in [5.41, 5.74) is 2.08. The molecule has 1 aromatic carbocycles. The van der Waals surface area contributed by atoms with Crippen molar-refractivity contribution in [1.29, 1.82) is 0 Å². The Kier molecular flexibility index (Phi) is 7.51. The van der Waals surface area contributed by atoms with Gasteiger partial charge in [-0.15, -0.1) is 24.0 Å². The summed E-state index contributed by atoms with van der Waals surface area (Å²) in [5, 5.41) is 3.40. The first-order valence-electron chi connectivity index (χ1n) is 8.50. The van der Waals surface area contributed by atoms with Gasteiger partial charge in [0.2, 0.25) is 10.0 Å². The molecular formula is C18H31IN4O2S. The van der Waals surface area contributed by atoms with Gasteiger partial charge in [0, 0.05) is 31.1 Å². The number of likely N-dealkylation sites (tertiary alicyclic amines) is 1. The molecule has 1 aliphatic heterocycles. The Bertz CT molecular complexity index is 760. The summed E-state index contributed by atoms with van der Waals surface area (Å²) in [6.45, 7) is 10.6. The second kappa shape index (κ2) is 8.43. The maximum absolute atomic E-state index is 11.7. The van der Waals surface area contributed by atoms with Crippen molar-refractivity contribution in [2.45, 2.75) is 45.5 Å². The lowest BCUT2D eigenvalue weighted by Gasteiger charge is -2.62. The predicted molar refractivity (Wildman–Crippen MR) is 118 cm³/mol. The minimum absolute atomic E-state index is 0. The first-order chi connectivity index (χ1) is 11.5. The van der Waals surface area contributed by atoms with Crippen LogP contribution in [0.5, 0.6) is 0 Å². The maximum atomic E-state index is 11.7. The van der Waals surface area contributed by atoms with Gasteiger partial charge >= 0.3 is 0 Å². The van der Waals surface area contributed by atoms with Crippen molar-refractivity contribution in [3.63, 3.8) is 0 Å². The Labute approximate surface area is 174 Å². The Morgan fingerprint density at radius 2 is 1.85 bits per heavy atom. The van der Waals surface area contributed by atoms with Crippen LogP contribution in [0, 0.1) is 5.41 Å². The van der Waals surface area contributed by atoms with Gasteiger partial charge in [-0.2, -0.15) is 0 Å². The van der Waals surface area contributed by atoms with Gasteiger partial charge in [-0.05, 0) is 32.0 Å². The fraction of sp³-hybridized carbons (Fsp3) is 0.611. The van der Waals surface area contributed by atoms with E-state index in [0.29, 0.717) is 6.54 Å². The number of nitrogens with zero attached hydrogens (tertiary/aromatic N) is 2. The lowest BCUT2D eigenvalue weighted by Crippen LogP contribution is -2.72. The second-order valence-corrected chi connectivity index (χ2v) is 9.64. The van der Waals surface area contributed by atoms with E-state index in [1.165, 1.54) is 7.05 Å². The fourth-order valence-electron chi connectivity index (χ4n) is 3.00. The zero-order valence-corrected chi connectivity index (χ0v) is 19.6. The molecule has 0 bridgehead atoms. The molecule has 0 atom stereocenters. The van der Waals surface area contributed by atoms with Gasteiger partial charge < -0.3 is 10.2 Å². The van der Waals surface area contributed by atoms with Gasteiger partial charge in [0.1, 0.15) is 0 Å². The van der Waals surface area contributed by atoms with Crippen LogP contribution in [-0.4, -0.2) is 45.5 Å². The van der Waals surface area contributed by atoms with E-state index in [1.807, 2.05) is 24.3 Å². The number of aliphatic imine (C=N–C) groups is 1. The Hall–Kier alpha value is -0.870. The maximum Gasteiger partial charge on any atom is 0.215 e. The average Bonchev–Trinajstić information content (AvgIpc) is 2.54. The summed E-state index contributed by atoms with van der Waals surface area (Å²) < 4.78 is 25.8. The second-order valence-electron chi connectivity index (χ2n) is 7.71. The summed E-state index contributed by atoms with van der Waals surface area (Å²) in [6, 6.07) is 7.62. The molecule has 6 nitrogen and oxygen atoms in total. The summed E-state index contributed by atoms with van der Waals surface area (Å²) in [5.74, 6) is 0.858. The largest absolute Gasteiger partial charge is 0.352 e. The third-order valence-corrected chi connectivity index (χ3v) is 6.80. The highest BCUT2D eigenvalue weighted by Gasteiger charge is 2.53. The number of sulfonamides is 1. The average molecular weight is 494 g/mol. The molecule has 148 valence electrons. The van der Waals surface area contributed by atoms with Crippen LogP contribution in [0.1, 0.15) is 38.8 Å². The number of hydrogen-bond donors (Lipinski definition) is 2. The van der Waals surface area contributed by atoms with Crippen molar-refractivity contribution in [2.24, 2.45) is 10.4 Å². The molecule has 0 radical (unpaired) electrons. The van der Waals surface area contributed by atoms with Crippen molar-refractivity contribution in [1.82, 2.24) is 14.9 Å². The Morgan fingerprint density at radius 3 is 2.35 bits per heavy atom. The smallest absolute Gasteiger partial charge is 0.215 e. The minimum atomic E-state index is -3.26. The van der Waals surface area contributed by atoms with E-state index < -0.39 is 10.0 Å². The lowest BCUT2D eigenvalue weighted by atomic mass is 9.65. The molecule has 0 amide bonds. The molecule has 2 N–H and O–H groups in total. The van der Waals surface area contributed by atoms with Gasteiger partial charge in [0.05, 0.1) is 5.75 Å². The molecule has 0 unspecified atom stereocenters. The van der Waals surface area contributed by atoms with Gasteiger partial charge in [-0.3, -0.25) is 4.99 Å². The molecule has 0 aliphatic carbocycles. The normalized spacial score (nSPS) is 18.7. The van der Waals surface area contributed by atoms with Gasteiger partial charge in [0.15, 0.2) is 5.96 Å². The standard InChI is InChI=1S/C18H30N4O2S.HI/c1-17(2)13-22(18(17,3)4)16(19-5)21-11-14-8-7-9-15(10-14)12-25(23,24)20-6;/h7-10,20H,11-13H2,1-6H3,(H,19,21);1H. The van der Waals surface area contributed by atoms with Crippen LogP contribution < -0.4 is 10.0 Å². The van der Waals surface area contributed by atoms with Crippen LogP contribution >= 0.6 is 24.0 Å². The predicted octanol–water partition coefficient (Wildman–Crippen LogP) is 2.55. The van der Waals surface area contributed by atoms with Crippen LogP contribution in [0.25, 0.3) is 0 Å². The van der Waals surface area contributed by atoms with E-state index in [0.717, 1.165) is 23.6 Å². The van der Waals surface area contributed by atoms with Crippen LogP contribution in [-0.2, 0) is 22.3 Å². The highest BCUT2D eigenvalue weighted by atomic mass is 127. The van der Waals surface area contributed by atoms with E-state index in [9.17, 15) is 8.42 Å². The molecule has 0 saturated carbocycles. The first-order valence-corrected chi connectivity index (χ1v) is 10.1. The van der Waals surface area contributed by atoms with Gasteiger partial charge in [-0.25, -0.2) is 13.1 Å². The molecule has 26 heavy (non-hydrogen) atoms. The topological polar surface area (TPSA) is 73.8 Å². The summed E-state index contributed by atoms with van der Waals surface area (Å²) in [7, 11) is -0.0413. The van der Waals surface area contributed by atoms with E-state index in [-0.39, 0.29) is 40.7 Å². The molecule has 1 saturated heterocycles. The number of halogens is 1. The van der Waals surface area contributed by atoms with Gasteiger partial charge in [-0.1, -0.05) is 38.1 Å². The number of benzene rings is 1. The third-order valence-electron chi connectivity index (χ3n) is 5.46. The number of guanidine groups is 1. The monoisotopic (exact) mass is 494 g/mol. The van der Waals surface area contributed by atoms with Crippen molar-refractivity contribution in [2.75, 3.05) is 20.6 Å². The minimum Gasteiger partial charge on any atom is -0.352 e. The van der Waals surface area contributed by atoms with Crippen LogP contribution in [0.4, 0.5) is 0 Å². The zero-order valence-electron chi connectivity index (χ0n) is 16.5. The van der Waals surface area contributed by atoms with Crippen LogP contribution in [0.3, 0.4) is 0 Å². The third kappa shape index (κ3) is 4.89. The van der Waals surface area contributed by atoms with E-state index >= 15 is 0 Å². The molecule has 2 rings (SSSR count). The highest BCUT2D eigenvalue weighted by molar-refractivity contribution is 14.0. The van der Waals surface area contributed by atoms with Gasteiger partial charge in [0.25, 0.3) is 0 Å². The number of rotatable bonds is 5. The van der Waals surface area contributed by atoms with Crippen molar-refractivity contribution >= 4 is 40.0 Å². The number of nitrogens with one attached hydrogen (secondary N) is 2. The van der Waals surface area contributed by atoms with Crippen molar-refractivity contribution < 1.29 is 8.42 Å². The number of hydrogen-bond acceptors (Lipinski definition) is 3. The molecule has 1 fully saturated rings. The van der Waals surface area contributed by atoms with Crippen LogP contribution in [0.15, 0.2) is 29.3 Å². The summed E-state index contributed by atoms with van der Waals surface area (Å²) in [6.07, 6.45) is 0. The fourth-order valence-corrected chi connectivity index (χ4v) is 3.76. The molecule has 1 aliphatic rings. The molecular weight excluding hydrogens is 463 g/mol. The Balaban J connectivity index is 0.00000338. The van der Waals surface area contributed by atoms with E-state index in [4.69, 9.17) is 0 Å². The first kappa shape index (κ1) is 23.2. The summed E-state index contributed by atoms with van der Waals surface area (Å²) in [4.78, 5) is 6.69. The van der Waals surface area contributed by atoms with Crippen LogP contribution in [0.2, 0.25) is 0 Å². The van der Waals surface area contributed by atoms with Crippen molar-refractivity contribution in [3.8, 4) is 0 Å². The molecule has 8 heteroatoms. The SMILES string of the molecule is CN=C(NCc1cccc(CS(=O)(=O)NC)c1)N1CC(C)(C)C1(C)C.I. The molecule has 0 aromatic heterocycles. The van der Waals surface area contributed by atoms with Crippen molar-refractivity contribution in [3.05, 3.63) is 35.4 Å². The van der Waals surface area contributed by atoms with E-state index in [2.05, 4.69) is 47.6 Å². The zero-order chi connectivity index (χ0) is 18.9. The Morgan fingerprint density at radius 1 is 1.23 bits per heavy atom. The molecule has 0 spiro atoms. The lowest BCUT2D eigenvalue weighted by molar-refractivity contribution is -0.0667. The van der Waals surface area contributed by atoms with E-state index in [1.54, 1.807) is 7.05 Å². The highest BCUT2D eigenvalue weighted by Crippen LogP contribution is 2.46. The molecule has 1 heterocycles. The quantitative estimate of drug-likeness (QED) is 0.375. The summed E-state index contributed by atoms with van der Waals surface area (Å²) >= 11 is 0. The molecule has 1 aromatic rings.